The van der Waals surface area contributed by atoms with E-state index in [0.29, 0.717) is 21.6 Å². The summed E-state index contributed by atoms with van der Waals surface area (Å²) in [5, 5.41) is 4.60. The van der Waals surface area contributed by atoms with Crippen LogP contribution < -0.4 is 5.32 Å². The van der Waals surface area contributed by atoms with Crippen LogP contribution in [0.3, 0.4) is 0 Å². The SMILES string of the molecule is Clc1cc(Cl)c2c(c1Cl)CNC2Cl. The molecule has 0 amide bonds. The van der Waals surface area contributed by atoms with E-state index in [2.05, 4.69) is 5.32 Å². The van der Waals surface area contributed by atoms with Crippen molar-refractivity contribution in [2.45, 2.75) is 12.0 Å². The fourth-order valence-electron chi connectivity index (χ4n) is 1.40. The Balaban J connectivity index is 2.69. The molecule has 1 aromatic carbocycles. The van der Waals surface area contributed by atoms with Crippen LogP contribution in [0.2, 0.25) is 15.1 Å². The number of nitrogens with one attached hydrogen (secondary N) is 1. The number of benzene rings is 1. The van der Waals surface area contributed by atoms with Crippen molar-refractivity contribution in [2.24, 2.45) is 0 Å². The predicted molar refractivity (Wildman–Crippen MR) is 56.9 cm³/mol. The van der Waals surface area contributed by atoms with E-state index >= 15 is 0 Å². The Labute approximate surface area is 95.9 Å². The lowest BCUT2D eigenvalue weighted by atomic mass is 10.1. The standard InChI is InChI=1S/C8H5Cl4N/c9-4-1-5(10)7(11)3-2-13-8(12)6(3)4/h1,8,13H,2H2. The number of alkyl halides is 1. The average Bonchev–Trinajstić information content (AvgIpc) is 2.44. The monoisotopic (exact) mass is 255 g/mol. The Bertz CT molecular complexity index is 364. The zero-order valence-corrected chi connectivity index (χ0v) is 9.40. The summed E-state index contributed by atoms with van der Waals surface area (Å²) < 4.78 is 0. The Morgan fingerprint density at radius 3 is 2.62 bits per heavy atom. The highest BCUT2D eigenvalue weighted by molar-refractivity contribution is 6.44. The van der Waals surface area contributed by atoms with E-state index in [4.69, 9.17) is 46.4 Å². The smallest absolute Gasteiger partial charge is 0.110 e. The lowest BCUT2D eigenvalue weighted by Gasteiger charge is -2.07. The third kappa shape index (κ3) is 1.53. The summed E-state index contributed by atoms with van der Waals surface area (Å²) in [7, 11) is 0. The van der Waals surface area contributed by atoms with E-state index in [-0.39, 0.29) is 5.50 Å². The topological polar surface area (TPSA) is 12.0 Å². The van der Waals surface area contributed by atoms with Gasteiger partial charge < -0.3 is 0 Å². The minimum atomic E-state index is -0.266. The first-order valence-corrected chi connectivity index (χ1v) is 5.22. The molecule has 1 heterocycles. The van der Waals surface area contributed by atoms with Crippen molar-refractivity contribution < 1.29 is 0 Å². The molecule has 0 fully saturated rings. The molecule has 0 saturated heterocycles. The van der Waals surface area contributed by atoms with E-state index < -0.39 is 0 Å². The maximum atomic E-state index is 5.99. The van der Waals surface area contributed by atoms with Gasteiger partial charge in [0.25, 0.3) is 0 Å². The fraction of sp³-hybridized carbons (Fsp3) is 0.250. The first kappa shape index (κ1) is 9.88. The van der Waals surface area contributed by atoms with Crippen LogP contribution in [0.5, 0.6) is 0 Å². The number of halogens is 4. The van der Waals surface area contributed by atoms with Crippen LogP contribution in [-0.4, -0.2) is 0 Å². The van der Waals surface area contributed by atoms with Gasteiger partial charge in [-0.05, 0) is 11.6 Å². The second kappa shape index (κ2) is 3.48. The molecule has 70 valence electrons. The van der Waals surface area contributed by atoms with Gasteiger partial charge in [0.1, 0.15) is 5.50 Å². The lowest BCUT2D eigenvalue weighted by molar-refractivity contribution is 0.739. The molecule has 0 bridgehead atoms. The zero-order valence-electron chi connectivity index (χ0n) is 6.37. The molecular weight excluding hydrogens is 252 g/mol. The number of hydrogen-bond acceptors (Lipinski definition) is 1. The Morgan fingerprint density at radius 1 is 1.23 bits per heavy atom. The minimum absolute atomic E-state index is 0.266. The third-order valence-corrected chi connectivity index (χ3v) is 3.53. The van der Waals surface area contributed by atoms with Gasteiger partial charge in [0.2, 0.25) is 0 Å². The molecule has 1 N–H and O–H groups in total. The Morgan fingerprint density at radius 2 is 1.92 bits per heavy atom. The normalized spacial score (nSPS) is 20.5. The number of fused-ring (bicyclic) bond motifs is 1. The maximum Gasteiger partial charge on any atom is 0.110 e. The van der Waals surface area contributed by atoms with E-state index in [0.717, 1.165) is 11.1 Å². The van der Waals surface area contributed by atoms with Gasteiger partial charge in [0.05, 0.1) is 10.0 Å². The predicted octanol–water partition coefficient (Wildman–Crippen LogP) is 3.99. The molecule has 1 atom stereocenters. The summed E-state index contributed by atoms with van der Waals surface area (Å²) in [5.41, 5.74) is 1.48. The van der Waals surface area contributed by atoms with E-state index in [1.165, 1.54) is 0 Å². The molecule has 0 radical (unpaired) electrons. The van der Waals surface area contributed by atoms with Crippen LogP contribution in [0.25, 0.3) is 0 Å². The summed E-state index contributed by atoms with van der Waals surface area (Å²) >= 11 is 23.8. The summed E-state index contributed by atoms with van der Waals surface area (Å²) in [4.78, 5) is 0. The van der Waals surface area contributed by atoms with E-state index in [1.807, 2.05) is 0 Å². The molecule has 1 aliphatic rings. The van der Waals surface area contributed by atoms with Gasteiger partial charge in [-0.1, -0.05) is 34.8 Å². The van der Waals surface area contributed by atoms with Crippen molar-refractivity contribution in [3.8, 4) is 0 Å². The minimum Gasteiger partial charge on any atom is -0.293 e. The number of rotatable bonds is 0. The summed E-state index contributed by atoms with van der Waals surface area (Å²) in [6, 6.07) is 1.62. The van der Waals surface area contributed by atoms with Gasteiger partial charge in [0, 0.05) is 17.1 Å². The summed E-state index contributed by atoms with van der Waals surface area (Å²) in [6.45, 7) is 0.614. The Hall–Kier alpha value is 0.340. The largest absolute Gasteiger partial charge is 0.293 e. The van der Waals surface area contributed by atoms with Crippen LogP contribution >= 0.6 is 46.4 Å². The molecule has 0 aliphatic carbocycles. The summed E-state index contributed by atoms with van der Waals surface area (Å²) in [5.74, 6) is 0. The second-order valence-corrected chi connectivity index (χ2v) is 4.42. The van der Waals surface area contributed by atoms with Crippen LogP contribution in [0.1, 0.15) is 16.6 Å². The molecular formula is C8H5Cl4N. The molecule has 1 aliphatic heterocycles. The molecule has 2 rings (SSSR count). The van der Waals surface area contributed by atoms with Crippen molar-refractivity contribution in [3.63, 3.8) is 0 Å². The fourth-order valence-corrected chi connectivity index (χ4v) is 2.62. The molecule has 1 unspecified atom stereocenters. The van der Waals surface area contributed by atoms with Gasteiger partial charge >= 0.3 is 0 Å². The Kier molecular flexibility index (Phi) is 2.65. The lowest BCUT2D eigenvalue weighted by Crippen LogP contribution is -2.04. The van der Waals surface area contributed by atoms with Crippen molar-refractivity contribution in [2.75, 3.05) is 0 Å². The van der Waals surface area contributed by atoms with Crippen molar-refractivity contribution in [1.82, 2.24) is 5.32 Å². The van der Waals surface area contributed by atoms with Crippen molar-refractivity contribution in [1.29, 1.82) is 0 Å². The van der Waals surface area contributed by atoms with Crippen molar-refractivity contribution in [3.05, 3.63) is 32.3 Å². The highest BCUT2D eigenvalue weighted by Gasteiger charge is 2.26. The third-order valence-electron chi connectivity index (χ3n) is 2.02. The van der Waals surface area contributed by atoms with Crippen LogP contribution in [0.4, 0.5) is 0 Å². The van der Waals surface area contributed by atoms with Crippen molar-refractivity contribution >= 4 is 46.4 Å². The quantitative estimate of drug-likeness (QED) is 0.421. The van der Waals surface area contributed by atoms with E-state index in [9.17, 15) is 0 Å². The van der Waals surface area contributed by atoms with Gasteiger partial charge in [-0.3, -0.25) is 5.32 Å². The molecule has 0 spiro atoms. The molecule has 1 nitrogen and oxygen atoms in total. The van der Waals surface area contributed by atoms with Gasteiger partial charge in [-0.25, -0.2) is 0 Å². The van der Waals surface area contributed by atoms with Gasteiger partial charge in [-0.2, -0.15) is 0 Å². The molecule has 1 aromatic rings. The van der Waals surface area contributed by atoms with Gasteiger partial charge in [0.15, 0.2) is 0 Å². The van der Waals surface area contributed by atoms with Crippen LogP contribution in [0.15, 0.2) is 6.07 Å². The number of hydrogen-bond donors (Lipinski definition) is 1. The van der Waals surface area contributed by atoms with Crippen LogP contribution in [-0.2, 0) is 6.54 Å². The highest BCUT2D eigenvalue weighted by atomic mass is 35.5. The van der Waals surface area contributed by atoms with Crippen LogP contribution in [0, 0.1) is 0 Å². The molecule has 5 heteroatoms. The molecule has 13 heavy (non-hydrogen) atoms. The summed E-state index contributed by atoms with van der Waals surface area (Å²) in [6.07, 6.45) is 0. The maximum absolute atomic E-state index is 5.99. The first-order chi connectivity index (χ1) is 6.11. The first-order valence-electron chi connectivity index (χ1n) is 3.65. The highest BCUT2D eigenvalue weighted by Crippen LogP contribution is 2.41. The second-order valence-electron chi connectivity index (χ2n) is 2.79. The van der Waals surface area contributed by atoms with E-state index in [1.54, 1.807) is 6.07 Å². The molecule has 0 aromatic heterocycles. The molecule has 0 saturated carbocycles. The zero-order chi connectivity index (χ0) is 9.59. The average molecular weight is 257 g/mol. The van der Waals surface area contributed by atoms with Gasteiger partial charge in [-0.15, -0.1) is 11.6 Å².